The van der Waals surface area contributed by atoms with Gasteiger partial charge < -0.3 is 0 Å². The molecule has 0 bridgehead atoms. The van der Waals surface area contributed by atoms with Crippen molar-refractivity contribution in [2.45, 2.75) is 0 Å². The Hall–Kier alpha value is -1.44. The Bertz CT molecular complexity index is 379. The second-order valence-corrected chi connectivity index (χ2v) is 2.23. The van der Waals surface area contributed by atoms with Crippen LogP contribution in [0.3, 0.4) is 0 Å². The molecule has 1 radical (unpaired) electrons. The number of hydrogen-bond acceptors (Lipinski definition) is 1. The second kappa shape index (κ2) is 2.31. The molecule has 0 saturated heterocycles. The van der Waals surface area contributed by atoms with Crippen molar-refractivity contribution < 1.29 is 4.39 Å². The van der Waals surface area contributed by atoms with Gasteiger partial charge in [0.25, 0.3) is 0 Å². The first-order chi connectivity index (χ1) is 5.38. The van der Waals surface area contributed by atoms with Crippen LogP contribution in [0.2, 0.25) is 0 Å². The first-order valence-electron chi connectivity index (χ1n) is 3.29. The van der Waals surface area contributed by atoms with Crippen molar-refractivity contribution >= 4 is 10.9 Å². The molecule has 0 N–H and O–H groups in total. The molecule has 0 atom stereocenters. The molecule has 0 spiro atoms. The number of benzene rings is 1. The summed E-state index contributed by atoms with van der Waals surface area (Å²) in [6.07, 6.45) is 1.53. The molecule has 0 aliphatic carbocycles. The van der Waals surface area contributed by atoms with Crippen LogP contribution in [0.1, 0.15) is 0 Å². The van der Waals surface area contributed by atoms with E-state index in [0.29, 0.717) is 10.9 Å². The number of nitrogens with zero attached hydrogens (tertiary/aromatic N) is 1. The summed E-state index contributed by atoms with van der Waals surface area (Å²) in [4.78, 5) is 3.87. The van der Waals surface area contributed by atoms with Crippen LogP contribution in [0.5, 0.6) is 0 Å². The number of fused-ring (bicyclic) bond motifs is 1. The molecule has 0 saturated carbocycles. The molecular weight excluding hydrogens is 141 g/mol. The maximum absolute atomic E-state index is 12.9. The first kappa shape index (κ1) is 6.28. The van der Waals surface area contributed by atoms with E-state index >= 15 is 0 Å². The van der Waals surface area contributed by atoms with Crippen LogP contribution in [0.4, 0.5) is 4.39 Å². The Morgan fingerprint density at radius 2 is 2.27 bits per heavy atom. The lowest BCUT2D eigenvalue weighted by atomic mass is 10.2. The van der Waals surface area contributed by atoms with E-state index in [0.717, 1.165) is 0 Å². The smallest absolute Gasteiger partial charge is 0.149 e. The van der Waals surface area contributed by atoms with Crippen molar-refractivity contribution in [3.8, 4) is 0 Å². The Morgan fingerprint density at radius 3 is 3.09 bits per heavy atom. The van der Waals surface area contributed by atoms with Crippen molar-refractivity contribution in [2.75, 3.05) is 0 Å². The van der Waals surface area contributed by atoms with Crippen LogP contribution in [0, 0.1) is 11.9 Å². The Balaban J connectivity index is 2.91. The van der Waals surface area contributed by atoms with Crippen molar-refractivity contribution in [1.29, 1.82) is 0 Å². The average Bonchev–Trinajstić information content (AvgIpc) is 2.06. The summed E-state index contributed by atoms with van der Waals surface area (Å²) in [5.41, 5.74) is 0.384. The molecule has 0 fully saturated rings. The highest BCUT2D eigenvalue weighted by Gasteiger charge is 1.97. The van der Waals surface area contributed by atoms with E-state index < -0.39 is 0 Å². The maximum atomic E-state index is 12.9. The summed E-state index contributed by atoms with van der Waals surface area (Å²) in [5.74, 6) is -0.292. The quantitative estimate of drug-likeness (QED) is 0.555. The van der Waals surface area contributed by atoms with E-state index in [-0.39, 0.29) is 5.82 Å². The zero-order chi connectivity index (χ0) is 7.68. The largest absolute Gasteiger partial charge is 0.253 e. The molecule has 53 valence electrons. The van der Waals surface area contributed by atoms with Crippen molar-refractivity contribution in [2.24, 2.45) is 0 Å². The van der Waals surface area contributed by atoms with Gasteiger partial charge in [0.15, 0.2) is 0 Å². The third-order valence-corrected chi connectivity index (χ3v) is 1.50. The fraction of sp³-hybridized carbons (Fsp3) is 0. The van der Waals surface area contributed by atoms with Gasteiger partial charge >= 0.3 is 0 Å². The lowest BCUT2D eigenvalue weighted by Gasteiger charge is -1.94. The van der Waals surface area contributed by atoms with Crippen LogP contribution in [-0.4, -0.2) is 4.98 Å². The molecule has 0 unspecified atom stereocenters. The molecule has 1 aromatic carbocycles. The van der Waals surface area contributed by atoms with Gasteiger partial charge in [0.1, 0.15) is 11.3 Å². The number of para-hydroxylation sites is 1. The topological polar surface area (TPSA) is 12.9 Å². The zero-order valence-electron chi connectivity index (χ0n) is 5.71. The van der Waals surface area contributed by atoms with Gasteiger partial charge in [-0.3, -0.25) is 4.98 Å². The fourth-order valence-electron chi connectivity index (χ4n) is 1.00. The van der Waals surface area contributed by atoms with E-state index in [4.69, 9.17) is 0 Å². The lowest BCUT2D eigenvalue weighted by molar-refractivity contribution is 0.637. The van der Waals surface area contributed by atoms with Crippen LogP contribution in [0.25, 0.3) is 10.9 Å². The highest BCUT2D eigenvalue weighted by molar-refractivity contribution is 5.77. The molecule has 1 heterocycles. The predicted octanol–water partition coefficient (Wildman–Crippen LogP) is 2.17. The van der Waals surface area contributed by atoms with E-state index in [9.17, 15) is 4.39 Å². The zero-order valence-corrected chi connectivity index (χ0v) is 5.71. The number of halogens is 1. The molecule has 1 nitrogen and oxygen atoms in total. The normalized spacial score (nSPS) is 10.3. The minimum absolute atomic E-state index is 0.292. The predicted molar refractivity (Wildman–Crippen MR) is 40.5 cm³/mol. The summed E-state index contributed by atoms with van der Waals surface area (Å²) in [6, 6.07) is 9.38. The summed E-state index contributed by atoms with van der Waals surface area (Å²) < 4.78 is 12.9. The fourth-order valence-corrected chi connectivity index (χ4v) is 1.00. The molecule has 0 aliphatic heterocycles. The summed E-state index contributed by atoms with van der Waals surface area (Å²) >= 11 is 0. The van der Waals surface area contributed by atoms with Gasteiger partial charge in [-0.1, -0.05) is 12.1 Å². The van der Waals surface area contributed by atoms with Crippen molar-refractivity contribution in [1.82, 2.24) is 4.98 Å². The van der Waals surface area contributed by atoms with E-state index in [1.165, 1.54) is 12.3 Å². The van der Waals surface area contributed by atoms with Gasteiger partial charge in [-0.15, -0.1) is 0 Å². The molecule has 2 heteroatoms. The van der Waals surface area contributed by atoms with Gasteiger partial charge in [0, 0.05) is 11.6 Å². The van der Waals surface area contributed by atoms with Gasteiger partial charge in [0.2, 0.25) is 0 Å². The molecule has 2 rings (SSSR count). The number of rotatable bonds is 0. The molecule has 11 heavy (non-hydrogen) atoms. The van der Waals surface area contributed by atoms with E-state index in [2.05, 4.69) is 11.1 Å². The third kappa shape index (κ3) is 0.963. The summed E-state index contributed by atoms with van der Waals surface area (Å²) in [5, 5.41) is 0.715. The van der Waals surface area contributed by atoms with E-state index in [1.54, 1.807) is 18.2 Å². The Kier molecular flexibility index (Phi) is 1.32. The van der Waals surface area contributed by atoms with Gasteiger partial charge in [-0.05, 0) is 18.2 Å². The SMILES string of the molecule is Fc1cccc2[c]ccnc12. The van der Waals surface area contributed by atoms with Crippen molar-refractivity contribution in [3.05, 3.63) is 42.3 Å². The second-order valence-electron chi connectivity index (χ2n) is 2.23. The first-order valence-corrected chi connectivity index (χ1v) is 3.29. The molecular formula is C9H5FN. The van der Waals surface area contributed by atoms with Crippen LogP contribution in [-0.2, 0) is 0 Å². The average molecular weight is 146 g/mol. The van der Waals surface area contributed by atoms with Gasteiger partial charge in [0.05, 0.1) is 0 Å². The highest BCUT2D eigenvalue weighted by atomic mass is 19.1. The third-order valence-electron chi connectivity index (χ3n) is 1.50. The van der Waals surface area contributed by atoms with Gasteiger partial charge in [-0.25, -0.2) is 4.39 Å². The maximum Gasteiger partial charge on any atom is 0.149 e. The molecule has 0 amide bonds. The lowest BCUT2D eigenvalue weighted by Crippen LogP contribution is -1.81. The molecule has 2 aromatic rings. The standard InChI is InChI=1S/C9H5FN/c10-8-5-1-3-7-4-2-6-11-9(7)8/h1-3,5-6H. The summed E-state index contributed by atoms with van der Waals surface area (Å²) in [7, 11) is 0. The minimum Gasteiger partial charge on any atom is -0.253 e. The Morgan fingerprint density at radius 1 is 1.36 bits per heavy atom. The number of pyridine rings is 1. The Labute approximate surface area is 63.5 Å². The van der Waals surface area contributed by atoms with Crippen LogP contribution in [0.15, 0.2) is 30.5 Å². The van der Waals surface area contributed by atoms with Crippen LogP contribution >= 0.6 is 0 Å². The van der Waals surface area contributed by atoms with Crippen molar-refractivity contribution in [3.63, 3.8) is 0 Å². The summed E-state index contributed by atoms with van der Waals surface area (Å²) in [6.45, 7) is 0. The van der Waals surface area contributed by atoms with Crippen LogP contribution < -0.4 is 0 Å². The molecule has 1 aromatic heterocycles. The number of aromatic nitrogens is 1. The molecule has 0 aliphatic rings. The number of hydrogen-bond donors (Lipinski definition) is 0. The minimum atomic E-state index is -0.292. The monoisotopic (exact) mass is 146 g/mol. The van der Waals surface area contributed by atoms with Gasteiger partial charge in [-0.2, -0.15) is 0 Å². The highest BCUT2D eigenvalue weighted by Crippen LogP contribution is 2.12. The van der Waals surface area contributed by atoms with E-state index in [1.807, 2.05) is 0 Å².